The number of esters is 2. The van der Waals surface area contributed by atoms with E-state index in [4.69, 9.17) is 41.4 Å². The van der Waals surface area contributed by atoms with E-state index in [9.17, 15) is 38.4 Å². The van der Waals surface area contributed by atoms with E-state index in [0.717, 1.165) is 28.5 Å². The summed E-state index contributed by atoms with van der Waals surface area (Å²) in [6.07, 6.45) is -0.647. The Hall–Kier alpha value is -11.8. The molecule has 10 N–H and O–H groups in total. The highest BCUT2D eigenvalue weighted by Crippen LogP contribution is 2.24. The van der Waals surface area contributed by atoms with Crippen LogP contribution in [0.3, 0.4) is 0 Å². The summed E-state index contributed by atoms with van der Waals surface area (Å²) in [5.74, 6) is 1.29. The number of anilines is 6. The van der Waals surface area contributed by atoms with Crippen molar-refractivity contribution in [1.29, 1.82) is 5.26 Å². The number of nitriles is 1. The number of rotatable bonds is 11. The molecule has 0 saturated heterocycles. The zero-order chi connectivity index (χ0) is 77.4. The van der Waals surface area contributed by atoms with Crippen LogP contribution in [0.2, 0.25) is 0 Å². The van der Waals surface area contributed by atoms with Crippen LogP contribution in [0, 0.1) is 25.2 Å². The zero-order valence-electron chi connectivity index (χ0n) is 60.7. The van der Waals surface area contributed by atoms with Gasteiger partial charge >= 0.3 is 36.3 Å². The summed E-state index contributed by atoms with van der Waals surface area (Å²) in [5.41, 5.74) is 20.9. The predicted octanol–water partition coefficient (Wildman–Crippen LogP) is 14.8. The monoisotopic (exact) mass is 1510 g/mol. The Labute approximate surface area is 622 Å². The first-order valence-corrected chi connectivity index (χ1v) is 33.6. The molecule has 0 atom stereocenters. The molecule has 0 fully saturated rings. The number of cyclic esters (lactones) is 2. The van der Waals surface area contributed by atoms with Crippen molar-refractivity contribution in [3.05, 3.63) is 214 Å². The number of nitrogens with two attached hydrogens (primary N) is 3. The molecule has 0 bridgehead atoms. The third-order valence-electron chi connectivity index (χ3n) is 12.4. The smallest absolute Gasteiger partial charge is 0.413 e. The minimum Gasteiger partial charge on any atom is -0.444 e. The summed E-state index contributed by atoms with van der Waals surface area (Å²) in [7, 11) is 0. The molecule has 0 saturated carbocycles. The standard InChI is InChI=1S/C15H13N3O2.C12H19N3O2.C12H15N3O2.C11H15BrN2O2.C11H16N2O2.C8H4O3.C6H8N2.CH4.H2/c16-13-7-3-4-10(17-13)8-9-18-14(19)11-5-1-2-6-12(11)15(18)20;2*1-12(2,3)17-11(16)15-10-6-4-5-9(14-10)7-8-13;1-11(2,3)16-10(15)14-9-6-4-5-8(7-12)13-9;1-8-6-5-7-9(12-8)13-10(14)15-11(2,3)4;9-7-5-3-1-2-4-6(5)8(10)11-7;1-5-3-2-4-6(7)8-5;;/h1-7H,8-9H2,(H2,16,17);4-6H,7-8,13H2,1-3H3,(H,14,15,16);4-6H,7H2,1-3H3,(H,14,15,16);4-6H,7H2,1-3H3,(H,13,14,15);5-7H,1-4H3,(H,12,13,14);1-4H;2-4H,1H3,(H2,7,8);1H4;1H. The van der Waals surface area contributed by atoms with Crippen LogP contribution in [0.5, 0.6) is 0 Å². The van der Waals surface area contributed by atoms with E-state index in [1.165, 1.54) is 4.90 Å². The summed E-state index contributed by atoms with van der Waals surface area (Å²) in [6, 6.07) is 47.6. The second kappa shape index (κ2) is 42.0. The molecule has 8 heterocycles. The number of fused-ring (bicyclic) bond motifs is 2. The number of nitrogens with zero attached hydrogens (tertiary/aromatic N) is 8. The molecule has 560 valence electrons. The van der Waals surface area contributed by atoms with Crippen molar-refractivity contribution in [1.82, 2.24) is 34.8 Å². The Morgan fingerprint density at radius 2 is 0.781 bits per heavy atom. The fourth-order valence-electron chi connectivity index (χ4n) is 8.34. The molecule has 0 aliphatic carbocycles. The number of amides is 6. The van der Waals surface area contributed by atoms with Gasteiger partial charge in [0, 0.05) is 48.9 Å². The first kappa shape index (κ1) is 87.4. The molecule has 0 unspecified atom stereocenters. The van der Waals surface area contributed by atoms with Gasteiger partial charge in [0.2, 0.25) is 0 Å². The van der Waals surface area contributed by atoms with Gasteiger partial charge < -0.3 is 40.9 Å². The molecule has 105 heavy (non-hydrogen) atoms. The number of aromatic nitrogens is 6. The van der Waals surface area contributed by atoms with E-state index in [-0.39, 0.29) is 27.1 Å². The lowest BCUT2D eigenvalue weighted by Crippen LogP contribution is -2.31. The topological polar surface area (TPSA) is 413 Å². The number of hydrogen-bond acceptors (Lipinski definition) is 23. The lowest BCUT2D eigenvalue weighted by Gasteiger charge is -2.19. The van der Waals surface area contributed by atoms with Crippen molar-refractivity contribution >= 4 is 99.0 Å². The fraction of sp³-hybridized carbons (Fsp3) is 0.329. The highest BCUT2D eigenvalue weighted by molar-refractivity contribution is 9.08. The maximum Gasteiger partial charge on any atom is 0.413 e. The van der Waals surface area contributed by atoms with Crippen LogP contribution < -0.4 is 38.5 Å². The molecular formula is C76H96BrN15O13. The number of imide groups is 1. The lowest BCUT2D eigenvalue weighted by atomic mass is 10.1. The number of nitrogens with one attached hydrogen (secondary N) is 4. The highest BCUT2D eigenvalue weighted by Gasteiger charge is 2.35. The number of aryl methyl sites for hydroxylation is 2. The van der Waals surface area contributed by atoms with Gasteiger partial charge in [0.25, 0.3) is 11.8 Å². The molecule has 6 aromatic heterocycles. The van der Waals surface area contributed by atoms with Gasteiger partial charge in [-0.1, -0.05) is 84.0 Å². The van der Waals surface area contributed by atoms with Gasteiger partial charge in [0.15, 0.2) is 0 Å². The number of hydrogen-bond donors (Lipinski definition) is 7. The van der Waals surface area contributed by atoms with E-state index < -0.39 is 58.7 Å². The number of carbonyl (C=O) groups excluding carboxylic acids is 8. The number of nitrogen functional groups attached to an aromatic ring is 2. The number of carbonyl (C=O) groups is 8. The van der Waals surface area contributed by atoms with Gasteiger partial charge in [-0.15, -0.1) is 0 Å². The second-order valence-corrected chi connectivity index (χ2v) is 26.8. The quantitative estimate of drug-likeness (QED) is 0.0208. The van der Waals surface area contributed by atoms with Gasteiger partial charge in [0.05, 0.1) is 46.1 Å². The first-order chi connectivity index (χ1) is 48.8. The molecule has 6 amide bonds. The van der Waals surface area contributed by atoms with Crippen molar-refractivity contribution in [2.24, 2.45) is 5.73 Å². The van der Waals surface area contributed by atoms with Crippen LogP contribution >= 0.6 is 15.9 Å². The summed E-state index contributed by atoms with van der Waals surface area (Å²) in [5, 5.41) is 19.4. The van der Waals surface area contributed by atoms with Crippen LogP contribution in [0.4, 0.5) is 54.1 Å². The molecule has 28 nitrogen and oxygen atoms in total. The van der Waals surface area contributed by atoms with E-state index in [0.29, 0.717) is 94.1 Å². The maximum absolute atomic E-state index is 12.2. The zero-order valence-corrected chi connectivity index (χ0v) is 62.3. The van der Waals surface area contributed by atoms with Crippen molar-refractivity contribution < 1.29 is 63.5 Å². The van der Waals surface area contributed by atoms with Crippen LogP contribution in [-0.4, -0.2) is 118 Å². The molecular weight excluding hydrogens is 1410 g/mol. The third kappa shape index (κ3) is 34.6. The van der Waals surface area contributed by atoms with E-state index in [1.54, 1.807) is 124 Å². The minimum atomic E-state index is -0.556. The van der Waals surface area contributed by atoms with E-state index in [2.05, 4.69) is 71.8 Å². The average Bonchev–Trinajstić information content (AvgIpc) is 1.65. The third-order valence-corrected chi connectivity index (χ3v) is 13.0. The minimum absolute atomic E-state index is 0. The number of ether oxygens (including phenoxy) is 5. The number of pyridine rings is 6. The van der Waals surface area contributed by atoms with E-state index in [1.807, 2.05) is 137 Å². The Kier molecular flexibility index (Phi) is 35.0. The Balaban J connectivity index is 0.000000424. The van der Waals surface area contributed by atoms with Gasteiger partial charge in [-0.05, 0) is 201 Å². The number of alkyl halides is 1. The van der Waals surface area contributed by atoms with Crippen LogP contribution in [0.25, 0.3) is 0 Å². The van der Waals surface area contributed by atoms with Gasteiger partial charge in [0.1, 0.15) is 57.3 Å². The first-order valence-electron chi connectivity index (χ1n) is 32.5. The highest BCUT2D eigenvalue weighted by atomic mass is 79.9. The molecule has 2 aliphatic heterocycles. The number of benzene rings is 2. The Morgan fingerprint density at radius 1 is 0.457 bits per heavy atom. The Bertz CT molecular complexity index is 4200. The normalized spacial score (nSPS) is 11.6. The summed E-state index contributed by atoms with van der Waals surface area (Å²) >= 11 is 3.30. The number of halogens is 1. The van der Waals surface area contributed by atoms with Gasteiger partial charge in [-0.2, -0.15) is 5.26 Å². The molecule has 2 aromatic carbocycles. The van der Waals surface area contributed by atoms with Crippen molar-refractivity contribution in [2.45, 2.75) is 151 Å². The second-order valence-electron chi connectivity index (χ2n) is 26.3. The molecule has 0 spiro atoms. The van der Waals surface area contributed by atoms with Crippen molar-refractivity contribution in [3.63, 3.8) is 0 Å². The molecule has 2 aliphatic rings. The molecule has 8 aromatic rings. The van der Waals surface area contributed by atoms with Crippen LogP contribution in [-0.2, 0) is 48.3 Å². The van der Waals surface area contributed by atoms with Crippen LogP contribution in [0.1, 0.15) is 168 Å². The predicted molar refractivity (Wildman–Crippen MR) is 408 cm³/mol. The summed E-state index contributed by atoms with van der Waals surface area (Å²) < 4.78 is 24.8. The van der Waals surface area contributed by atoms with E-state index >= 15 is 0 Å². The molecule has 10 rings (SSSR count). The molecule has 29 heteroatoms. The van der Waals surface area contributed by atoms with Crippen LogP contribution in [0.15, 0.2) is 158 Å². The maximum atomic E-state index is 12.2. The summed E-state index contributed by atoms with van der Waals surface area (Å²) in [6.45, 7) is 26.3. The Morgan fingerprint density at radius 3 is 1.13 bits per heavy atom. The fourth-order valence-corrected chi connectivity index (χ4v) is 8.65. The SMILES string of the molecule is C.CC(C)(C)OC(=O)Nc1cccc(CBr)n1.CC(C)(C)OC(=O)Nc1cccc(CC#N)n1.CC(C)(C)OC(=O)Nc1cccc(CCN)n1.Cc1cccc(N)n1.Cc1cccc(NC(=O)OC(C)(C)C)n1.Nc1cccc(CCN2C(=O)c3ccccc3C2=O)n1.O=C1OC(=O)c2ccccc21.[HH]. The van der Waals surface area contributed by atoms with Gasteiger partial charge in [-0.3, -0.25) is 35.8 Å². The molecule has 0 radical (unpaired) electrons. The van der Waals surface area contributed by atoms with Crippen molar-refractivity contribution in [3.8, 4) is 6.07 Å². The van der Waals surface area contributed by atoms with Crippen molar-refractivity contribution in [2.75, 3.05) is 45.8 Å². The summed E-state index contributed by atoms with van der Waals surface area (Å²) in [4.78, 5) is 118. The lowest BCUT2D eigenvalue weighted by molar-refractivity contribution is 0.0439. The van der Waals surface area contributed by atoms with Gasteiger partial charge in [-0.25, -0.2) is 58.7 Å². The average molecular weight is 1510 g/mol. The largest absolute Gasteiger partial charge is 0.444 e.